The fourth-order valence-electron chi connectivity index (χ4n) is 1.53. The van der Waals surface area contributed by atoms with Crippen molar-refractivity contribution < 1.29 is 4.39 Å². The number of fused-ring (bicyclic) bond motifs is 1. The molecule has 6 nitrogen and oxygen atoms in total. The maximum absolute atomic E-state index is 13.6. The van der Waals surface area contributed by atoms with E-state index < -0.39 is 17.7 Å². The van der Waals surface area contributed by atoms with Gasteiger partial charge in [-0.15, -0.1) is 0 Å². The highest BCUT2D eigenvalue weighted by Gasteiger charge is 2.16. The van der Waals surface area contributed by atoms with Crippen molar-refractivity contribution in [1.82, 2.24) is 19.4 Å². The number of nitrogens with two attached hydrogens (primary N) is 1. The third kappa shape index (κ3) is 1.41. The fourth-order valence-corrected chi connectivity index (χ4v) is 1.53. The second-order valence-corrected chi connectivity index (χ2v) is 3.48. The Labute approximate surface area is 90.5 Å². The molecule has 2 rings (SSSR count). The molecule has 2 aromatic heterocycles. The second kappa shape index (κ2) is 3.69. The first-order valence-electron chi connectivity index (χ1n) is 4.70. The van der Waals surface area contributed by atoms with E-state index in [0.717, 1.165) is 0 Å². The highest BCUT2D eigenvalue weighted by atomic mass is 19.1. The Balaban J connectivity index is 2.82. The smallest absolute Gasteiger partial charge is 0.265 e. The Morgan fingerprint density at radius 2 is 2.31 bits per heavy atom. The number of halogens is 1. The lowest BCUT2D eigenvalue weighted by Crippen LogP contribution is -2.31. The lowest BCUT2D eigenvalue weighted by Gasteiger charge is -2.12. The summed E-state index contributed by atoms with van der Waals surface area (Å²) < 4.78 is 16.2. The molecule has 0 amide bonds. The van der Waals surface area contributed by atoms with Crippen LogP contribution in [0, 0.1) is 5.82 Å². The third-order valence-electron chi connectivity index (χ3n) is 2.44. The van der Waals surface area contributed by atoms with Crippen LogP contribution in [0.1, 0.15) is 6.29 Å². The van der Waals surface area contributed by atoms with Gasteiger partial charge in [-0.25, -0.2) is 9.37 Å². The van der Waals surface area contributed by atoms with Crippen LogP contribution < -0.4 is 16.6 Å². The Bertz CT molecular complexity index is 587. The zero-order chi connectivity index (χ0) is 11.9. The molecule has 7 heteroatoms. The molecule has 2 heterocycles. The summed E-state index contributed by atoms with van der Waals surface area (Å²) in [5, 5.41) is 2.70. The molecule has 0 unspecified atom stereocenters. The Hall–Kier alpha value is -1.73. The van der Waals surface area contributed by atoms with Crippen LogP contribution in [-0.4, -0.2) is 21.2 Å². The molecule has 0 aliphatic heterocycles. The molecule has 3 N–H and O–H groups in total. The first kappa shape index (κ1) is 10.8. The standard InChI is InChI=1S/C9H12FN5O/c1-12-9(11)15-3-5(10)6-7(15)13-4-14(2)8(6)16/h3-4,9,12H,11H2,1-2H3/t9-/m1/s1. The molecule has 0 spiro atoms. The van der Waals surface area contributed by atoms with E-state index in [0.29, 0.717) is 0 Å². The van der Waals surface area contributed by atoms with Crippen molar-refractivity contribution in [3.05, 3.63) is 28.7 Å². The van der Waals surface area contributed by atoms with Crippen molar-refractivity contribution in [2.75, 3.05) is 7.05 Å². The summed E-state index contributed by atoms with van der Waals surface area (Å²) in [6.07, 6.45) is 1.88. The number of nitrogens with zero attached hydrogens (tertiary/aromatic N) is 3. The highest BCUT2D eigenvalue weighted by Crippen LogP contribution is 2.15. The van der Waals surface area contributed by atoms with Gasteiger partial charge in [0.15, 0.2) is 11.5 Å². The molecule has 0 aliphatic rings. The molecule has 0 radical (unpaired) electrons. The van der Waals surface area contributed by atoms with Gasteiger partial charge in [0.05, 0.1) is 6.33 Å². The minimum atomic E-state index is -0.619. The van der Waals surface area contributed by atoms with Gasteiger partial charge in [0.1, 0.15) is 11.7 Å². The van der Waals surface area contributed by atoms with Gasteiger partial charge in [-0.2, -0.15) is 0 Å². The molecule has 0 aromatic carbocycles. The molecule has 0 fully saturated rings. The zero-order valence-electron chi connectivity index (χ0n) is 8.94. The van der Waals surface area contributed by atoms with E-state index in [1.54, 1.807) is 7.05 Å². The van der Waals surface area contributed by atoms with Crippen LogP contribution in [-0.2, 0) is 7.05 Å². The van der Waals surface area contributed by atoms with E-state index in [4.69, 9.17) is 5.73 Å². The molecule has 86 valence electrons. The van der Waals surface area contributed by atoms with Crippen molar-refractivity contribution in [2.24, 2.45) is 12.8 Å². The van der Waals surface area contributed by atoms with Crippen molar-refractivity contribution in [3.8, 4) is 0 Å². The monoisotopic (exact) mass is 225 g/mol. The predicted molar refractivity (Wildman–Crippen MR) is 57.2 cm³/mol. The number of aromatic nitrogens is 3. The quantitative estimate of drug-likeness (QED) is 0.676. The molecule has 0 saturated heterocycles. The van der Waals surface area contributed by atoms with Crippen LogP contribution in [0.3, 0.4) is 0 Å². The fraction of sp³-hybridized carbons (Fsp3) is 0.333. The highest BCUT2D eigenvalue weighted by molar-refractivity contribution is 5.75. The van der Waals surface area contributed by atoms with Gasteiger partial charge >= 0.3 is 0 Å². The maximum Gasteiger partial charge on any atom is 0.265 e. The van der Waals surface area contributed by atoms with Crippen molar-refractivity contribution in [1.29, 1.82) is 0 Å². The molecule has 1 atom stereocenters. The summed E-state index contributed by atoms with van der Waals surface area (Å²) >= 11 is 0. The summed E-state index contributed by atoms with van der Waals surface area (Å²) in [6, 6.07) is 0. The van der Waals surface area contributed by atoms with Gasteiger partial charge < -0.3 is 9.13 Å². The lowest BCUT2D eigenvalue weighted by molar-refractivity contribution is 0.459. The van der Waals surface area contributed by atoms with Crippen LogP contribution in [0.25, 0.3) is 11.0 Å². The molecule has 0 bridgehead atoms. The van der Waals surface area contributed by atoms with Gasteiger partial charge in [-0.05, 0) is 7.05 Å². The summed E-state index contributed by atoms with van der Waals surface area (Å²) in [6.45, 7) is 0. The molecule has 2 aromatic rings. The molecule has 0 aliphatic carbocycles. The number of nitrogens with one attached hydrogen (secondary N) is 1. The van der Waals surface area contributed by atoms with Gasteiger partial charge in [0.25, 0.3) is 5.56 Å². The summed E-state index contributed by atoms with van der Waals surface area (Å²) in [5.74, 6) is -0.616. The molecule has 16 heavy (non-hydrogen) atoms. The first-order chi connectivity index (χ1) is 7.56. The molecular weight excluding hydrogens is 213 g/mol. The topological polar surface area (TPSA) is 77.9 Å². The average Bonchev–Trinajstić information content (AvgIpc) is 2.61. The summed E-state index contributed by atoms with van der Waals surface area (Å²) in [5.41, 5.74) is 5.51. The molecule has 0 saturated carbocycles. The van der Waals surface area contributed by atoms with E-state index in [9.17, 15) is 9.18 Å². The van der Waals surface area contributed by atoms with Crippen molar-refractivity contribution >= 4 is 11.0 Å². The van der Waals surface area contributed by atoms with Gasteiger partial charge in [-0.1, -0.05) is 0 Å². The van der Waals surface area contributed by atoms with Crippen molar-refractivity contribution in [2.45, 2.75) is 6.29 Å². The Kier molecular flexibility index (Phi) is 2.49. The number of aryl methyl sites for hydroxylation is 1. The normalized spacial score (nSPS) is 13.2. The van der Waals surface area contributed by atoms with Crippen LogP contribution >= 0.6 is 0 Å². The van der Waals surface area contributed by atoms with Gasteiger partial charge in [-0.3, -0.25) is 15.8 Å². The first-order valence-corrected chi connectivity index (χ1v) is 4.70. The van der Waals surface area contributed by atoms with E-state index in [-0.39, 0.29) is 11.0 Å². The zero-order valence-corrected chi connectivity index (χ0v) is 8.94. The predicted octanol–water partition coefficient (Wildman–Crippen LogP) is -0.492. The Morgan fingerprint density at radius 3 is 2.94 bits per heavy atom. The van der Waals surface area contributed by atoms with Crippen LogP contribution in [0.2, 0.25) is 0 Å². The Morgan fingerprint density at radius 1 is 1.62 bits per heavy atom. The number of rotatable bonds is 2. The summed E-state index contributed by atoms with van der Waals surface area (Å²) in [4.78, 5) is 15.7. The van der Waals surface area contributed by atoms with Gasteiger partial charge in [0.2, 0.25) is 0 Å². The van der Waals surface area contributed by atoms with E-state index in [2.05, 4.69) is 10.3 Å². The number of hydrogen-bond acceptors (Lipinski definition) is 4. The van der Waals surface area contributed by atoms with Gasteiger partial charge in [0, 0.05) is 13.2 Å². The van der Waals surface area contributed by atoms with E-state index >= 15 is 0 Å². The average molecular weight is 225 g/mol. The van der Waals surface area contributed by atoms with Crippen LogP contribution in [0.4, 0.5) is 4.39 Å². The largest absolute Gasteiger partial charge is 0.302 e. The lowest BCUT2D eigenvalue weighted by atomic mass is 10.4. The second-order valence-electron chi connectivity index (χ2n) is 3.48. The summed E-state index contributed by atoms with van der Waals surface area (Å²) in [7, 11) is 3.15. The van der Waals surface area contributed by atoms with Crippen LogP contribution in [0.15, 0.2) is 17.3 Å². The minimum Gasteiger partial charge on any atom is -0.302 e. The third-order valence-corrected chi connectivity index (χ3v) is 2.44. The van der Waals surface area contributed by atoms with E-state index in [1.165, 1.54) is 28.7 Å². The molecular formula is C9H12FN5O. The maximum atomic E-state index is 13.6. The minimum absolute atomic E-state index is 0.0456. The number of hydrogen-bond donors (Lipinski definition) is 2. The van der Waals surface area contributed by atoms with E-state index in [1.807, 2.05) is 0 Å². The van der Waals surface area contributed by atoms with Crippen molar-refractivity contribution in [3.63, 3.8) is 0 Å². The van der Waals surface area contributed by atoms with Crippen LogP contribution in [0.5, 0.6) is 0 Å². The SMILES string of the molecule is CN[C@@H](N)n1cc(F)c2c(=O)n(C)cnc21.